The lowest BCUT2D eigenvalue weighted by atomic mass is 9.95. The minimum atomic E-state index is -4.08. The van der Waals surface area contributed by atoms with E-state index in [-0.39, 0.29) is 12.8 Å². The zero-order chi connectivity index (χ0) is 15.0. The summed E-state index contributed by atoms with van der Waals surface area (Å²) < 4.78 is 38.2. The highest BCUT2D eigenvalue weighted by Gasteiger charge is 2.41. The number of fused-ring (bicyclic) bond motifs is 1. The van der Waals surface area contributed by atoms with Crippen molar-refractivity contribution in [2.45, 2.75) is 19.0 Å². The van der Waals surface area contributed by atoms with E-state index >= 15 is 0 Å². The van der Waals surface area contributed by atoms with E-state index in [1.54, 1.807) is 18.3 Å². The molecule has 1 fully saturated rings. The Kier molecular flexibility index (Phi) is 3.39. The second-order valence-electron chi connectivity index (χ2n) is 5.41. The SMILES string of the molecule is Nc1ccc2c(N3CCC(C(F)(F)F)CC3)ccnc2c1. The zero-order valence-corrected chi connectivity index (χ0v) is 11.4. The van der Waals surface area contributed by atoms with Crippen molar-refractivity contribution in [3.8, 4) is 0 Å². The molecule has 0 saturated carbocycles. The zero-order valence-electron chi connectivity index (χ0n) is 11.4. The molecule has 3 rings (SSSR count). The van der Waals surface area contributed by atoms with Crippen molar-refractivity contribution in [2.24, 2.45) is 5.92 Å². The molecule has 0 aliphatic carbocycles. The van der Waals surface area contributed by atoms with Crippen LogP contribution in [0, 0.1) is 5.92 Å². The van der Waals surface area contributed by atoms with Gasteiger partial charge in [-0.05, 0) is 37.1 Å². The fraction of sp³-hybridized carbons (Fsp3) is 0.400. The molecule has 1 aromatic heterocycles. The van der Waals surface area contributed by atoms with Crippen LogP contribution in [0.25, 0.3) is 10.9 Å². The molecule has 0 bridgehead atoms. The number of nitrogens with two attached hydrogens (primary N) is 1. The van der Waals surface area contributed by atoms with E-state index in [1.807, 2.05) is 17.0 Å². The number of benzene rings is 1. The van der Waals surface area contributed by atoms with E-state index in [4.69, 9.17) is 5.73 Å². The summed E-state index contributed by atoms with van der Waals surface area (Å²) in [4.78, 5) is 6.27. The summed E-state index contributed by atoms with van der Waals surface area (Å²) >= 11 is 0. The second kappa shape index (κ2) is 5.09. The number of halogens is 3. The second-order valence-corrected chi connectivity index (χ2v) is 5.41. The van der Waals surface area contributed by atoms with Crippen LogP contribution < -0.4 is 10.6 Å². The van der Waals surface area contributed by atoms with Crippen molar-refractivity contribution in [3.05, 3.63) is 30.5 Å². The molecule has 1 aliphatic heterocycles. The molecule has 2 N–H and O–H groups in total. The van der Waals surface area contributed by atoms with Gasteiger partial charge in [-0.1, -0.05) is 0 Å². The monoisotopic (exact) mass is 295 g/mol. The Bertz CT molecular complexity index is 646. The highest BCUT2D eigenvalue weighted by atomic mass is 19.4. The quantitative estimate of drug-likeness (QED) is 0.817. The molecule has 0 radical (unpaired) electrons. The Morgan fingerprint density at radius 1 is 1.14 bits per heavy atom. The maximum Gasteiger partial charge on any atom is 0.391 e. The molecule has 2 aromatic rings. The van der Waals surface area contributed by atoms with E-state index in [1.165, 1.54) is 0 Å². The van der Waals surface area contributed by atoms with Gasteiger partial charge >= 0.3 is 6.18 Å². The first-order valence-electron chi connectivity index (χ1n) is 6.91. The summed E-state index contributed by atoms with van der Waals surface area (Å²) in [7, 11) is 0. The van der Waals surface area contributed by atoms with Crippen molar-refractivity contribution >= 4 is 22.3 Å². The van der Waals surface area contributed by atoms with E-state index in [0.29, 0.717) is 18.8 Å². The van der Waals surface area contributed by atoms with Crippen LogP contribution in [0.1, 0.15) is 12.8 Å². The van der Waals surface area contributed by atoms with Gasteiger partial charge in [0.2, 0.25) is 0 Å². The van der Waals surface area contributed by atoms with E-state index < -0.39 is 12.1 Å². The number of hydrogen-bond acceptors (Lipinski definition) is 3. The van der Waals surface area contributed by atoms with Gasteiger partial charge in [-0.25, -0.2) is 0 Å². The van der Waals surface area contributed by atoms with Crippen LogP contribution in [-0.2, 0) is 0 Å². The molecule has 21 heavy (non-hydrogen) atoms. The van der Waals surface area contributed by atoms with Gasteiger partial charge in [0.1, 0.15) is 0 Å². The topological polar surface area (TPSA) is 42.1 Å². The summed E-state index contributed by atoms with van der Waals surface area (Å²) in [6, 6.07) is 7.30. The molecule has 0 atom stereocenters. The standard InChI is InChI=1S/C15H16F3N3/c16-15(17,18)10-4-7-21(8-5-10)14-3-6-20-13-9-11(19)1-2-12(13)14/h1-3,6,9-10H,4-5,7-8,19H2. The molecule has 1 aliphatic rings. The molecular formula is C15H16F3N3. The third-order valence-corrected chi connectivity index (χ3v) is 4.04. The normalized spacial score (nSPS) is 17.4. The number of nitrogens with zero attached hydrogens (tertiary/aromatic N) is 2. The van der Waals surface area contributed by atoms with E-state index in [9.17, 15) is 13.2 Å². The van der Waals surface area contributed by atoms with Crippen molar-refractivity contribution in [2.75, 3.05) is 23.7 Å². The highest BCUT2D eigenvalue weighted by molar-refractivity contribution is 5.93. The fourth-order valence-corrected chi connectivity index (χ4v) is 2.87. The number of rotatable bonds is 1. The Morgan fingerprint density at radius 3 is 2.52 bits per heavy atom. The molecule has 0 unspecified atom stereocenters. The molecule has 1 aromatic carbocycles. The summed E-state index contributed by atoms with van der Waals surface area (Å²) in [5.74, 6) is -1.18. The molecule has 6 heteroatoms. The Morgan fingerprint density at radius 2 is 1.86 bits per heavy atom. The van der Waals surface area contributed by atoms with Crippen LogP contribution in [0.4, 0.5) is 24.5 Å². The molecule has 1 saturated heterocycles. The summed E-state index contributed by atoms with van der Waals surface area (Å²) in [5.41, 5.74) is 8.07. The first-order valence-corrected chi connectivity index (χ1v) is 6.91. The van der Waals surface area contributed by atoms with Gasteiger partial charge in [0.05, 0.1) is 11.4 Å². The number of hydrogen-bond donors (Lipinski definition) is 1. The van der Waals surface area contributed by atoms with Gasteiger partial charge in [-0.15, -0.1) is 0 Å². The van der Waals surface area contributed by atoms with Crippen molar-refractivity contribution < 1.29 is 13.2 Å². The number of piperidine rings is 1. The van der Waals surface area contributed by atoms with Crippen molar-refractivity contribution in [1.82, 2.24) is 4.98 Å². The number of pyridine rings is 1. The van der Waals surface area contributed by atoms with Crippen LogP contribution in [0.2, 0.25) is 0 Å². The minimum absolute atomic E-state index is 0.141. The van der Waals surface area contributed by atoms with Gasteiger partial charge in [0.25, 0.3) is 0 Å². The number of nitrogen functional groups attached to an aromatic ring is 1. The lowest BCUT2D eigenvalue weighted by Gasteiger charge is -2.34. The number of aromatic nitrogens is 1. The first-order chi connectivity index (χ1) is 9.95. The number of alkyl halides is 3. The van der Waals surface area contributed by atoms with Crippen LogP contribution in [0.5, 0.6) is 0 Å². The molecule has 112 valence electrons. The van der Waals surface area contributed by atoms with Crippen LogP contribution in [0.15, 0.2) is 30.5 Å². The fourth-order valence-electron chi connectivity index (χ4n) is 2.87. The van der Waals surface area contributed by atoms with E-state index in [0.717, 1.165) is 16.6 Å². The van der Waals surface area contributed by atoms with Crippen molar-refractivity contribution in [1.29, 1.82) is 0 Å². The molecule has 0 amide bonds. The predicted octanol–water partition coefficient (Wildman–Crippen LogP) is 3.60. The summed E-state index contributed by atoms with van der Waals surface area (Å²) in [6.45, 7) is 0.821. The largest absolute Gasteiger partial charge is 0.399 e. The average Bonchev–Trinajstić information content (AvgIpc) is 2.45. The van der Waals surface area contributed by atoms with Crippen LogP contribution in [0.3, 0.4) is 0 Å². The van der Waals surface area contributed by atoms with Gasteiger partial charge in [0, 0.05) is 36.0 Å². The Hall–Kier alpha value is -1.98. The third kappa shape index (κ3) is 2.75. The molecular weight excluding hydrogens is 279 g/mol. The van der Waals surface area contributed by atoms with Crippen LogP contribution in [-0.4, -0.2) is 24.2 Å². The lowest BCUT2D eigenvalue weighted by Crippen LogP contribution is -2.39. The Balaban J connectivity index is 1.86. The first kappa shape index (κ1) is 14.0. The molecule has 0 spiro atoms. The van der Waals surface area contributed by atoms with Gasteiger partial charge < -0.3 is 10.6 Å². The lowest BCUT2D eigenvalue weighted by molar-refractivity contribution is -0.179. The van der Waals surface area contributed by atoms with Crippen LogP contribution >= 0.6 is 0 Å². The average molecular weight is 295 g/mol. The van der Waals surface area contributed by atoms with Crippen molar-refractivity contribution in [3.63, 3.8) is 0 Å². The maximum atomic E-state index is 12.7. The summed E-state index contributed by atoms with van der Waals surface area (Å²) in [5, 5.41) is 0.928. The minimum Gasteiger partial charge on any atom is -0.399 e. The van der Waals surface area contributed by atoms with E-state index in [2.05, 4.69) is 4.98 Å². The smallest absolute Gasteiger partial charge is 0.391 e. The number of anilines is 2. The Labute approximate surface area is 120 Å². The van der Waals surface area contributed by atoms with Gasteiger partial charge in [-0.3, -0.25) is 4.98 Å². The predicted molar refractivity (Wildman–Crippen MR) is 77.1 cm³/mol. The van der Waals surface area contributed by atoms with Gasteiger partial charge in [0.15, 0.2) is 0 Å². The van der Waals surface area contributed by atoms with Gasteiger partial charge in [-0.2, -0.15) is 13.2 Å². The maximum absolute atomic E-state index is 12.7. The third-order valence-electron chi connectivity index (χ3n) is 4.04. The molecule has 3 nitrogen and oxygen atoms in total. The molecule has 2 heterocycles. The highest BCUT2D eigenvalue weighted by Crippen LogP contribution is 2.36. The summed E-state index contributed by atoms with van der Waals surface area (Å²) in [6.07, 6.45) is -2.13.